The van der Waals surface area contributed by atoms with Gasteiger partial charge < -0.3 is 10.6 Å². The molecule has 1 aromatic heterocycles. The van der Waals surface area contributed by atoms with Crippen molar-refractivity contribution in [3.63, 3.8) is 0 Å². The van der Waals surface area contributed by atoms with Crippen molar-refractivity contribution in [3.05, 3.63) is 83.0 Å². The van der Waals surface area contributed by atoms with Crippen molar-refractivity contribution >= 4 is 17.6 Å². The number of aryl methyl sites for hydroxylation is 2. The lowest BCUT2D eigenvalue weighted by atomic mass is 9.88. The highest BCUT2D eigenvalue weighted by Gasteiger charge is 2.23. The van der Waals surface area contributed by atoms with E-state index in [1.807, 2.05) is 18.2 Å². The van der Waals surface area contributed by atoms with Gasteiger partial charge in [0.05, 0.1) is 6.04 Å². The topological polar surface area (TPSA) is 76.0 Å². The van der Waals surface area contributed by atoms with Crippen molar-refractivity contribution in [2.75, 3.05) is 5.32 Å². The van der Waals surface area contributed by atoms with E-state index in [9.17, 15) is 9.59 Å². The minimum Gasteiger partial charge on any atom is -0.344 e. The molecule has 1 aliphatic carbocycles. The number of hydrogen-bond donors (Lipinski definition) is 2. The summed E-state index contributed by atoms with van der Waals surface area (Å²) in [6, 6.07) is 18.7. The number of carbonyl (C=O) groups is 2. The fourth-order valence-electron chi connectivity index (χ4n) is 3.61. The summed E-state index contributed by atoms with van der Waals surface area (Å²) in [6.07, 6.45) is 3.00. The van der Waals surface area contributed by atoms with Crippen LogP contribution in [0, 0.1) is 0 Å². The molecule has 1 atom stereocenters. The SMILES string of the molecule is Cn1nc(C(=O)NC2CCCc3ccccc32)cc1NC(=O)c1ccccc1. The average molecular weight is 374 g/mol. The second kappa shape index (κ2) is 7.68. The maximum absolute atomic E-state index is 12.7. The molecule has 0 spiro atoms. The Morgan fingerprint density at radius 1 is 1.04 bits per heavy atom. The fourth-order valence-corrected chi connectivity index (χ4v) is 3.61. The van der Waals surface area contributed by atoms with Gasteiger partial charge in [0.1, 0.15) is 5.82 Å². The van der Waals surface area contributed by atoms with Gasteiger partial charge in [0.25, 0.3) is 11.8 Å². The van der Waals surface area contributed by atoms with Crippen LogP contribution in [0.25, 0.3) is 0 Å². The molecule has 3 aromatic rings. The molecule has 6 heteroatoms. The van der Waals surface area contributed by atoms with E-state index in [1.54, 1.807) is 37.4 Å². The zero-order chi connectivity index (χ0) is 19.5. The van der Waals surface area contributed by atoms with E-state index in [2.05, 4.69) is 27.9 Å². The minimum atomic E-state index is -0.239. The van der Waals surface area contributed by atoms with Gasteiger partial charge in [-0.1, -0.05) is 42.5 Å². The number of benzene rings is 2. The lowest BCUT2D eigenvalue weighted by molar-refractivity contribution is 0.0926. The molecule has 1 aliphatic rings. The van der Waals surface area contributed by atoms with Crippen molar-refractivity contribution in [3.8, 4) is 0 Å². The number of anilines is 1. The van der Waals surface area contributed by atoms with Crippen LogP contribution in [0.15, 0.2) is 60.7 Å². The number of rotatable bonds is 4. The van der Waals surface area contributed by atoms with Crippen molar-refractivity contribution in [2.45, 2.75) is 25.3 Å². The molecule has 142 valence electrons. The van der Waals surface area contributed by atoms with Gasteiger partial charge >= 0.3 is 0 Å². The summed E-state index contributed by atoms with van der Waals surface area (Å²) >= 11 is 0. The van der Waals surface area contributed by atoms with E-state index in [0.29, 0.717) is 11.4 Å². The number of fused-ring (bicyclic) bond motifs is 1. The van der Waals surface area contributed by atoms with Crippen LogP contribution in [0.3, 0.4) is 0 Å². The van der Waals surface area contributed by atoms with Gasteiger partial charge in [0.2, 0.25) is 0 Å². The van der Waals surface area contributed by atoms with E-state index in [0.717, 1.165) is 19.3 Å². The van der Waals surface area contributed by atoms with Gasteiger partial charge in [-0.2, -0.15) is 5.10 Å². The molecule has 0 fully saturated rings. The van der Waals surface area contributed by atoms with Crippen LogP contribution in [0.5, 0.6) is 0 Å². The maximum atomic E-state index is 12.7. The Labute approximate surface area is 163 Å². The third kappa shape index (κ3) is 3.67. The minimum absolute atomic E-state index is 0.0122. The first-order chi connectivity index (χ1) is 13.6. The summed E-state index contributed by atoms with van der Waals surface area (Å²) < 4.78 is 1.50. The van der Waals surface area contributed by atoms with Crippen LogP contribution in [0.4, 0.5) is 5.82 Å². The lowest BCUT2D eigenvalue weighted by Crippen LogP contribution is -2.31. The third-order valence-electron chi connectivity index (χ3n) is 5.06. The van der Waals surface area contributed by atoms with Gasteiger partial charge in [0, 0.05) is 18.7 Å². The molecule has 0 bridgehead atoms. The molecule has 2 N–H and O–H groups in total. The quantitative estimate of drug-likeness (QED) is 0.734. The number of amides is 2. The predicted octanol–water partition coefficient (Wildman–Crippen LogP) is 3.48. The first-order valence-corrected chi connectivity index (χ1v) is 9.41. The lowest BCUT2D eigenvalue weighted by Gasteiger charge is -2.26. The second-order valence-corrected chi connectivity index (χ2v) is 6.98. The van der Waals surface area contributed by atoms with E-state index in [-0.39, 0.29) is 23.6 Å². The normalized spacial score (nSPS) is 15.5. The van der Waals surface area contributed by atoms with Crippen LogP contribution in [-0.4, -0.2) is 21.6 Å². The molecule has 0 aliphatic heterocycles. The van der Waals surface area contributed by atoms with E-state index >= 15 is 0 Å². The second-order valence-electron chi connectivity index (χ2n) is 6.98. The first kappa shape index (κ1) is 18.0. The van der Waals surface area contributed by atoms with E-state index in [1.165, 1.54) is 15.8 Å². The van der Waals surface area contributed by atoms with E-state index < -0.39 is 0 Å². The Hall–Kier alpha value is -3.41. The predicted molar refractivity (Wildman–Crippen MR) is 107 cm³/mol. The summed E-state index contributed by atoms with van der Waals surface area (Å²) in [7, 11) is 1.70. The number of carbonyl (C=O) groups excluding carboxylic acids is 2. The van der Waals surface area contributed by atoms with Gasteiger partial charge in [-0.3, -0.25) is 14.3 Å². The Morgan fingerprint density at radius 2 is 1.79 bits per heavy atom. The van der Waals surface area contributed by atoms with Gasteiger partial charge in [-0.05, 0) is 42.5 Å². The molecule has 2 aromatic carbocycles. The summed E-state index contributed by atoms with van der Waals surface area (Å²) in [5.41, 5.74) is 3.30. The molecule has 1 unspecified atom stereocenters. The number of aromatic nitrogens is 2. The van der Waals surface area contributed by atoms with E-state index in [4.69, 9.17) is 0 Å². The summed E-state index contributed by atoms with van der Waals surface area (Å²) in [4.78, 5) is 25.1. The van der Waals surface area contributed by atoms with Crippen LogP contribution in [0.2, 0.25) is 0 Å². The van der Waals surface area contributed by atoms with Crippen molar-refractivity contribution in [2.24, 2.45) is 7.05 Å². The molecule has 28 heavy (non-hydrogen) atoms. The summed E-state index contributed by atoms with van der Waals surface area (Å²) in [5.74, 6) is -0.00248. The molecule has 4 rings (SSSR count). The monoisotopic (exact) mass is 374 g/mol. The van der Waals surface area contributed by atoms with Crippen LogP contribution in [-0.2, 0) is 13.5 Å². The van der Waals surface area contributed by atoms with Gasteiger partial charge in [-0.25, -0.2) is 0 Å². The summed E-state index contributed by atoms with van der Waals surface area (Å²) in [5, 5.41) is 10.2. The Bertz CT molecular complexity index is 1010. The molecular weight excluding hydrogens is 352 g/mol. The number of nitrogens with zero attached hydrogens (tertiary/aromatic N) is 2. The number of hydrogen-bond acceptors (Lipinski definition) is 3. The zero-order valence-electron chi connectivity index (χ0n) is 15.7. The van der Waals surface area contributed by atoms with Crippen molar-refractivity contribution in [1.29, 1.82) is 0 Å². The highest BCUT2D eigenvalue weighted by atomic mass is 16.2. The van der Waals surface area contributed by atoms with Crippen LogP contribution < -0.4 is 10.6 Å². The molecular formula is C22H22N4O2. The first-order valence-electron chi connectivity index (χ1n) is 9.41. The molecule has 0 saturated heterocycles. The molecule has 1 heterocycles. The van der Waals surface area contributed by atoms with Crippen LogP contribution >= 0.6 is 0 Å². The highest BCUT2D eigenvalue weighted by Crippen LogP contribution is 2.29. The standard InChI is InChI=1S/C22H22N4O2/c1-26-20(24-21(27)16-9-3-2-4-10-16)14-19(25-26)22(28)23-18-13-7-11-15-8-5-6-12-17(15)18/h2-6,8-10,12,14,18H,7,11,13H2,1H3,(H,23,28)(H,24,27). The smallest absolute Gasteiger partial charge is 0.272 e. The zero-order valence-corrected chi connectivity index (χ0v) is 15.7. The molecule has 0 saturated carbocycles. The number of nitrogens with one attached hydrogen (secondary N) is 2. The molecule has 2 amide bonds. The maximum Gasteiger partial charge on any atom is 0.272 e. The Balaban J connectivity index is 1.48. The largest absolute Gasteiger partial charge is 0.344 e. The molecule has 6 nitrogen and oxygen atoms in total. The highest BCUT2D eigenvalue weighted by molar-refractivity contribution is 6.04. The molecule has 0 radical (unpaired) electrons. The van der Waals surface area contributed by atoms with Crippen LogP contribution in [0.1, 0.15) is 50.9 Å². The van der Waals surface area contributed by atoms with Gasteiger partial charge in [-0.15, -0.1) is 0 Å². The van der Waals surface area contributed by atoms with Crippen molar-refractivity contribution < 1.29 is 9.59 Å². The Morgan fingerprint density at radius 3 is 2.61 bits per heavy atom. The van der Waals surface area contributed by atoms with Gasteiger partial charge in [0.15, 0.2) is 5.69 Å². The average Bonchev–Trinajstić information content (AvgIpc) is 3.09. The summed E-state index contributed by atoms with van der Waals surface area (Å²) in [6.45, 7) is 0. The fraction of sp³-hybridized carbons (Fsp3) is 0.227. The Kier molecular flexibility index (Phi) is 4.93. The third-order valence-corrected chi connectivity index (χ3v) is 5.06. The van der Waals surface area contributed by atoms with Crippen molar-refractivity contribution in [1.82, 2.24) is 15.1 Å².